The Morgan fingerprint density at radius 3 is 2.58 bits per heavy atom. The number of fused-ring (bicyclic) bond motifs is 5. The molecule has 0 radical (unpaired) electrons. The van der Waals surface area contributed by atoms with E-state index in [4.69, 9.17) is 14.2 Å². The lowest BCUT2D eigenvalue weighted by atomic mass is 9.81. The number of likely N-dealkylation sites (tertiary alicyclic amines) is 1. The molecule has 1 aromatic heterocycles. The molecule has 244 valence electrons. The van der Waals surface area contributed by atoms with Crippen LogP contribution in [0.1, 0.15) is 77.2 Å². The number of benzene rings is 2. The van der Waals surface area contributed by atoms with E-state index in [0.29, 0.717) is 32.2 Å². The molecule has 0 bridgehead atoms. The second-order valence-electron chi connectivity index (χ2n) is 14.1. The van der Waals surface area contributed by atoms with Crippen LogP contribution in [0.15, 0.2) is 42.5 Å². The normalized spacial score (nSPS) is 19.4. The molecule has 1 amide bonds. The monoisotopic (exact) mass is 616 g/mol. The predicted molar refractivity (Wildman–Crippen MR) is 181 cm³/mol. The molecule has 8 heteroatoms. The van der Waals surface area contributed by atoms with Crippen molar-refractivity contribution in [2.45, 2.75) is 89.8 Å². The van der Waals surface area contributed by atoms with E-state index in [1.165, 1.54) is 67.1 Å². The van der Waals surface area contributed by atoms with Crippen molar-refractivity contribution in [1.29, 1.82) is 0 Å². The fraction of sp³-hybridized carbons (Fsp3) is 0.595. The Morgan fingerprint density at radius 2 is 1.80 bits per heavy atom. The number of carbonyl (C=O) groups is 1. The number of aromatic nitrogens is 1. The second kappa shape index (κ2) is 14.0. The van der Waals surface area contributed by atoms with Crippen molar-refractivity contribution in [3.63, 3.8) is 0 Å². The fourth-order valence-electron chi connectivity index (χ4n) is 7.41. The molecule has 3 aliphatic rings. The molecule has 8 nitrogen and oxygen atoms in total. The fourth-order valence-corrected chi connectivity index (χ4v) is 7.41. The summed E-state index contributed by atoms with van der Waals surface area (Å²) in [5.41, 5.74) is 4.66. The van der Waals surface area contributed by atoms with Crippen molar-refractivity contribution < 1.29 is 19.0 Å². The highest BCUT2D eigenvalue weighted by molar-refractivity contribution is 5.94. The van der Waals surface area contributed by atoms with Crippen LogP contribution in [0.2, 0.25) is 0 Å². The molecule has 6 rings (SSSR count). The van der Waals surface area contributed by atoms with Gasteiger partial charge in [0.25, 0.3) is 0 Å². The summed E-state index contributed by atoms with van der Waals surface area (Å²) in [6.45, 7) is 12.0. The highest BCUT2D eigenvalue weighted by atomic mass is 16.6. The molecular weight excluding hydrogens is 564 g/mol. The largest absolute Gasteiger partial charge is 0.488 e. The van der Waals surface area contributed by atoms with Gasteiger partial charge in [0.05, 0.1) is 11.7 Å². The van der Waals surface area contributed by atoms with Gasteiger partial charge in [-0.05, 0) is 96.3 Å². The van der Waals surface area contributed by atoms with Crippen LogP contribution in [0.25, 0.3) is 22.2 Å². The summed E-state index contributed by atoms with van der Waals surface area (Å²) in [5.74, 6) is 2.21. The highest BCUT2D eigenvalue weighted by Crippen LogP contribution is 2.49. The topological polar surface area (TPSA) is 68.2 Å². The van der Waals surface area contributed by atoms with Gasteiger partial charge in [0.15, 0.2) is 11.5 Å². The van der Waals surface area contributed by atoms with Gasteiger partial charge in [0.1, 0.15) is 18.8 Å². The third-order valence-electron chi connectivity index (χ3n) is 9.69. The average Bonchev–Trinajstić information content (AvgIpc) is 3.64. The number of para-hydroxylation sites is 2. The lowest BCUT2D eigenvalue weighted by Gasteiger charge is -2.33. The molecule has 1 N–H and O–H groups in total. The van der Waals surface area contributed by atoms with Crippen LogP contribution in [0, 0.1) is 0 Å². The van der Waals surface area contributed by atoms with E-state index in [1.54, 1.807) is 0 Å². The summed E-state index contributed by atoms with van der Waals surface area (Å²) in [6.07, 6.45) is 8.51. The van der Waals surface area contributed by atoms with Crippen LogP contribution >= 0.6 is 0 Å². The molecule has 3 aromatic rings. The van der Waals surface area contributed by atoms with E-state index in [9.17, 15) is 4.79 Å². The molecule has 1 aliphatic carbocycles. The molecule has 2 fully saturated rings. The number of hydrogen-bond donors (Lipinski definition) is 1. The van der Waals surface area contributed by atoms with Crippen LogP contribution in [-0.4, -0.2) is 85.1 Å². The molecule has 3 heterocycles. The minimum Gasteiger partial charge on any atom is -0.488 e. The maximum Gasteiger partial charge on any atom is 0.407 e. The number of amides is 1. The average molecular weight is 617 g/mol. The smallest absolute Gasteiger partial charge is 0.407 e. The predicted octanol–water partition coefficient (Wildman–Crippen LogP) is 7.05. The Bertz CT molecular complexity index is 1450. The number of nitrogens with one attached hydrogen (secondary N) is 1. The first kappa shape index (κ1) is 31.7. The van der Waals surface area contributed by atoms with Crippen LogP contribution in [0.3, 0.4) is 0 Å². The number of nitrogens with zero attached hydrogens (tertiary/aromatic N) is 3. The molecule has 2 aromatic carbocycles. The van der Waals surface area contributed by atoms with Gasteiger partial charge in [-0.15, -0.1) is 0 Å². The number of hydrogen-bond acceptors (Lipinski definition) is 6. The van der Waals surface area contributed by atoms with Crippen LogP contribution in [-0.2, 0) is 11.3 Å². The molecule has 1 saturated carbocycles. The maximum absolute atomic E-state index is 12.3. The van der Waals surface area contributed by atoms with Gasteiger partial charge in [-0.3, -0.25) is 9.80 Å². The molecule has 45 heavy (non-hydrogen) atoms. The summed E-state index contributed by atoms with van der Waals surface area (Å²) in [4.78, 5) is 17.1. The third kappa shape index (κ3) is 7.44. The Balaban J connectivity index is 1.34. The van der Waals surface area contributed by atoms with Crippen LogP contribution < -0.4 is 14.8 Å². The van der Waals surface area contributed by atoms with E-state index >= 15 is 0 Å². The number of rotatable bonds is 9. The van der Waals surface area contributed by atoms with Crippen molar-refractivity contribution in [3.05, 3.63) is 48.0 Å². The van der Waals surface area contributed by atoms with Crippen LogP contribution in [0.5, 0.6) is 11.5 Å². The molecule has 1 saturated heterocycles. The van der Waals surface area contributed by atoms with Gasteiger partial charge < -0.3 is 24.1 Å². The van der Waals surface area contributed by atoms with Crippen LogP contribution in [0.4, 0.5) is 4.79 Å². The minimum atomic E-state index is -0.521. The van der Waals surface area contributed by atoms with Crippen molar-refractivity contribution >= 4 is 17.0 Å². The molecule has 0 spiro atoms. The van der Waals surface area contributed by atoms with E-state index in [-0.39, 0.29) is 12.1 Å². The maximum atomic E-state index is 12.3. The summed E-state index contributed by atoms with van der Waals surface area (Å²) < 4.78 is 21.3. The SMILES string of the molecule is CN(CCNC(=O)OC(C)(C)C)[C@H]1COc2c(OCCN3CCCC3)cccc2-c2c(C3CCCCC3)c3ccccc3n2C1. The number of alkyl carbamates (subject to hydrolysis) is 1. The third-order valence-corrected chi connectivity index (χ3v) is 9.69. The van der Waals surface area contributed by atoms with Crippen molar-refractivity contribution in [3.8, 4) is 22.8 Å². The summed E-state index contributed by atoms with van der Waals surface area (Å²) in [7, 11) is 2.12. The van der Waals surface area contributed by atoms with Crippen molar-refractivity contribution in [1.82, 2.24) is 19.7 Å². The van der Waals surface area contributed by atoms with Gasteiger partial charge in [0.2, 0.25) is 0 Å². The lowest BCUT2D eigenvalue weighted by molar-refractivity contribution is 0.0517. The highest BCUT2D eigenvalue weighted by Gasteiger charge is 2.32. The Morgan fingerprint density at radius 1 is 1.02 bits per heavy atom. The zero-order valence-electron chi connectivity index (χ0n) is 27.8. The van der Waals surface area contributed by atoms with Gasteiger partial charge in [-0.1, -0.05) is 43.5 Å². The van der Waals surface area contributed by atoms with Gasteiger partial charge in [0, 0.05) is 42.6 Å². The van der Waals surface area contributed by atoms with E-state index in [2.05, 4.69) is 69.2 Å². The number of carbonyl (C=O) groups excluding carboxylic acids is 1. The molecule has 1 atom stereocenters. The standard InChI is InChI=1S/C37H52N4O4/c1-37(2,3)45-36(42)38-19-22-39(4)28-25-41-31-17-9-8-15-29(31)33(27-13-6-5-7-14-27)34(41)30-16-12-18-32(35(30)44-26-28)43-24-23-40-20-10-11-21-40/h8-9,12,15-18,27-28H,5-7,10-11,13-14,19-26H2,1-4H3,(H,38,42)/t28-/m1/s1. The van der Waals surface area contributed by atoms with Gasteiger partial charge in [-0.2, -0.15) is 0 Å². The lowest BCUT2D eigenvalue weighted by Crippen LogP contribution is -2.44. The first-order valence-electron chi connectivity index (χ1n) is 17.2. The number of ether oxygens (including phenoxy) is 3. The van der Waals surface area contributed by atoms with Crippen molar-refractivity contribution in [2.24, 2.45) is 0 Å². The van der Waals surface area contributed by atoms with Crippen molar-refractivity contribution in [2.75, 3.05) is 53.0 Å². The summed E-state index contributed by atoms with van der Waals surface area (Å²) in [6, 6.07) is 15.5. The Labute approximate surface area is 269 Å². The summed E-state index contributed by atoms with van der Waals surface area (Å²) in [5, 5.41) is 4.29. The molecule has 2 aliphatic heterocycles. The van der Waals surface area contributed by atoms with Gasteiger partial charge in [-0.25, -0.2) is 4.79 Å². The number of likely N-dealkylation sites (N-methyl/N-ethyl adjacent to an activating group) is 1. The zero-order chi connectivity index (χ0) is 31.4. The van der Waals surface area contributed by atoms with Gasteiger partial charge >= 0.3 is 6.09 Å². The molecule has 0 unspecified atom stereocenters. The molecular formula is C37H52N4O4. The Kier molecular flexibility index (Phi) is 9.90. The first-order chi connectivity index (χ1) is 21.8. The second-order valence-corrected chi connectivity index (χ2v) is 14.1. The van der Waals surface area contributed by atoms with E-state index in [1.807, 2.05) is 20.8 Å². The summed E-state index contributed by atoms with van der Waals surface area (Å²) >= 11 is 0. The minimum absolute atomic E-state index is 0.0880. The first-order valence-corrected chi connectivity index (χ1v) is 17.2. The Hall–Kier alpha value is -3.23. The van der Waals surface area contributed by atoms with E-state index in [0.717, 1.165) is 43.2 Å². The quantitative estimate of drug-likeness (QED) is 0.278. The van der Waals surface area contributed by atoms with E-state index < -0.39 is 5.60 Å². The zero-order valence-corrected chi connectivity index (χ0v) is 27.8.